The van der Waals surface area contributed by atoms with Gasteiger partial charge in [0.15, 0.2) is 18.1 Å². The SMILES string of the molecule is COc1ccc(-c2noc(COC(=O)C(NC(=O)c3ccccc3)C(C)C)n2)cc1OC. The van der Waals surface area contributed by atoms with Gasteiger partial charge in [0, 0.05) is 11.1 Å². The number of nitrogens with one attached hydrogen (secondary N) is 1. The van der Waals surface area contributed by atoms with Gasteiger partial charge < -0.3 is 24.1 Å². The third kappa shape index (κ3) is 5.42. The second-order valence-electron chi connectivity index (χ2n) is 7.25. The Balaban J connectivity index is 1.64. The molecule has 1 aromatic heterocycles. The molecule has 3 aromatic rings. The molecule has 0 spiro atoms. The smallest absolute Gasteiger partial charge is 0.329 e. The summed E-state index contributed by atoms with van der Waals surface area (Å²) in [6.07, 6.45) is 0. The molecule has 1 unspecified atom stereocenters. The van der Waals surface area contributed by atoms with Crippen LogP contribution in [0.25, 0.3) is 11.4 Å². The van der Waals surface area contributed by atoms with Gasteiger partial charge in [-0.05, 0) is 36.2 Å². The standard InChI is InChI=1S/C23H25N3O6/c1-14(2)20(25-22(27)15-8-6-5-7-9-15)23(28)31-13-19-24-21(26-32-19)16-10-11-17(29-3)18(12-16)30-4/h5-12,14,20H,13H2,1-4H3,(H,25,27). The van der Waals surface area contributed by atoms with Crippen LogP contribution in [0.4, 0.5) is 0 Å². The fourth-order valence-electron chi connectivity index (χ4n) is 2.94. The minimum Gasteiger partial charge on any atom is -0.493 e. The molecular weight excluding hydrogens is 414 g/mol. The molecule has 1 N–H and O–H groups in total. The Morgan fingerprint density at radius 1 is 1.03 bits per heavy atom. The number of benzene rings is 2. The molecule has 1 amide bonds. The van der Waals surface area contributed by atoms with E-state index in [1.165, 1.54) is 7.11 Å². The first-order valence-electron chi connectivity index (χ1n) is 10.0. The highest BCUT2D eigenvalue weighted by Gasteiger charge is 2.27. The number of rotatable bonds is 9. The molecule has 0 bridgehead atoms. The summed E-state index contributed by atoms with van der Waals surface area (Å²) in [5.74, 6) is 0.419. The molecule has 32 heavy (non-hydrogen) atoms. The summed E-state index contributed by atoms with van der Waals surface area (Å²) in [5.41, 5.74) is 1.11. The van der Waals surface area contributed by atoms with E-state index >= 15 is 0 Å². The van der Waals surface area contributed by atoms with Crippen molar-refractivity contribution in [3.8, 4) is 22.9 Å². The van der Waals surface area contributed by atoms with E-state index in [0.29, 0.717) is 28.5 Å². The molecule has 0 aliphatic rings. The van der Waals surface area contributed by atoms with Crippen LogP contribution in [0, 0.1) is 5.92 Å². The number of nitrogens with zero attached hydrogens (tertiary/aromatic N) is 2. The van der Waals surface area contributed by atoms with Crippen LogP contribution in [0.2, 0.25) is 0 Å². The Bertz CT molecular complexity index is 1060. The maximum atomic E-state index is 12.6. The lowest BCUT2D eigenvalue weighted by atomic mass is 10.0. The molecule has 2 aromatic carbocycles. The van der Waals surface area contributed by atoms with Gasteiger partial charge in [0.05, 0.1) is 14.2 Å². The quantitative estimate of drug-likeness (QED) is 0.506. The molecule has 0 saturated carbocycles. The molecule has 0 aliphatic heterocycles. The maximum Gasteiger partial charge on any atom is 0.329 e. The number of hydrogen-bond donors (Lipinski definition) is 1. The fourth-order valence-corrected chi connectivity index (χ4v) is 2.94. The van der Waals surface area contributed by atoms with Crippen LogP contribution < -0.4 is 14.8 Å². The molecule has 0 fully saturated rings. The van der Waals surface area contributed by atoms with Crippen molar-refractivity contribution in [2.75, 3.05) is 14.2 Å². The summed E-state index contributed by atoms with van der Waals surface area (Å²) in [5, 5.41) is 6.64. The summed E-state index contributed by atoms with van der Waals surface area (Å²) in [6.45, 7) is 3.42. The molecule has 1 atom stereocenters. The number of methoxy groups -OCH3 is 2. The average Bonchev–Trinajstić information content (AvgIpc) is 3.29. The van der Waals surface area contributed by atoms with Crippen molar-refractivity contribution < 1.29 is 28.3 Å². The molecular formula is C23H25N3O6. The number of esters is 1. The lowest BCUT2D eigenvalue weighted by Crippen LogP contribution is -2.45. The van der Waals surface area contributed by atoms with E-state index in [4.69, 9.17) is 18.7 Å². The third-order valence-corrected chi connectivity index (χ3v) is 4.69. The van der Waals surface area contributed by atoms with Crippen LogP contribution >= 0.6 is 0 Å². The van der Waals surface area contributed by atoms with Crippen molar-refractivity contribution in [1.82, 2.24) is 15.5 Å². The zero-order valence-corrected chi connectivity index (χ0v) is 18.3. The lowest BCUT2D eigenvalue weighted by molar-refractivity contribution is -0.149. The van der Waals surface area contributed by atoms with E-state index < -0.39 is 12.0 Å². The number of amides is 1. The second-order valence-corrected chi connectivity index (χ2v) is 7.25. The van der Waals surface area contributed by atoms with Gasteiger partial charge in [-0.15, -0.1) is 0 Å². The van der Waals surface area contributed by atoms with Crippen molar-refractivity contribution in [2.45, 2.75) is 26.5 Å². The van der Waals surface area contributed by atoms with Gasteiger partial charge in [0.2, 0.25) is 5.82 Å². The van der Waals surface area contributed by atoms with E-state index in [9.17, 15) is 9.59 Å². The van der Waals surface area contributed by atoms with E-state index in [2.05, 4.69) is 15.5 Å². The molecule has 1 heterocycles. The van der Waals surface area contributed by atoms with Gasteiger partial charge in [0.25, 0.3) is 11.8 Å². The summed E-state index contributed by atoms with van der Waals surface area (Å²) in [4.78, 5) is 29.3. The van der Waals surface area contributed by atoms with Crippen LogP contribution in [0.5, 0.6) is 11.5 Å². The minimum atomic E-state index is -0.823. The van der Waals surface area contributed by atoms with Gasteiger partial charge in [-0.25, -0.2) is 4.79 Å². The molecule has 9 heteroatoms. The minimum absolute atomic E-state index is 0.125. The van der Waals surface area contributed by atoms with Crippen molar-refractivity contribution >= 4 is 11.9 Å². The van der Waals surface area contributed by atoms with Crippen molar-refractivity contribution in [3.63, 3.8) is 0 Å². The largest absolute Gasteiger partial charge is 0.493 e. The van der Waals surface area contributed by atoms with Crippen LogP contribution in [-0.4, -0.2) is 42.3 Å². The van der Waals surface area contributed by atoms with E-state index in [1.54, 1.807) is 49.6 Å². The summed E-state index contributed by atoms with van der Waals surface area (Å²) in [6, 6.07) is 13.0. The van der Waals surface area contributed by atoms with E-state index in [1.807, 2.05) is 19.9 Å². The van der Waals surface area contributed by atoms with Crippen LogP contribution in [0.15, 0.2) is 53.1 Å². The predicted octanol–water partition coefficient (Wildman–Crippen LogP) is 3.25. The summed E-state index contributed by atoms with van der Waals surface area (Å²) >= 11 is 0. The Kier molecular flexibility index (Phi) is 7.43. The molecule has 0 aliphatic carbocycles. The average molecular weight is 439 g/mol. The maximum absolute atomic E-state index is 12.6. The second kappa shape index (κ2) is 10.4. The first-order valence-corrected chi connectivity index (χ1v) is 10.0. The normalized spacial score (nSPS) is 11.7. The molecule has 0 saturated heterocycles. The highest BCUT2D eigenvalue weighted by Crippen LogP contribution is 2.31. The van der Waals surface area contributed by atoms with Crippen LogP contribution in [0.1, 0.15) is 30.1 Å². The zero-order valence-electron chi connectivity index (χ0n) is 18.3. The fraction of sp³-hybridized carbons (Fsp3) is 0.304. The number of carbonyl (C=O) groups excluding carboxylic acids is 2. The van der Waals surface area contributed by atoms with Gasteiger partial charge in [-0.2, -0.15) is 4.98 Å². The third-order valence-electron chi connectivity index (χ3n) is 4.69. The highest BCUT2D eigenvalue weighted by atomic mass is 16.6. The zero-order chi connectivity index (χ0) is 23.1. The summed E-state index contributed by atoms with van der Waals surface area (Å²) < 4.78 is 21.0. The number of carbonyl (C=O) groups is 2. The van der Waals surface area contributed by atoms with Crippen LogP contribution in [-0.2, 0) is 16.1 Å². The van der Waals surface area contributed by atoms with Gasteiger partial charge in [-0.1, -0.05) is 37.2 Å². The summed E-state index contributed by atoms with van der Waals surface area (Å²) in [7, 11) is 3.08. The molecule has 9 nitrogen and oxygen atoms in total. The van der Waals surface area contributed by atoms with Crippen LogP contribution in [0.3, 0.4) is 0 Å². The number of aromatic nitrogens is 2. The molecule has 3 rings (SSSR count). The highest BCUT2D eigenvalue weighted by molar-refractivity contribution is 5.96. The number of hydrogen-bond acceptors (Lipinski definition) is 8. The van der Waals surface area contributed by atoms with Gasteiger partial charge >= 0.3 is 5.97 Å². The van der Waals surface area contributed by atoms with Gasteiger partial charge in [0.1, 0.15) is 6.04 Å². The van der Waals surface area contributed by atoms with Crippen molar-refractivity contribution in [3.05, 3.63) is 60.0 Å². The first kappa shape index (κ1) is 22.8. The predicted molar refractivity (Wildman–Crippen MR) is 115 cm³/mol. The topological polar surface area (TPSA) is 113 Å². The Morgan fingerprint density at radius 3 is 2.41 bits per heavy atom. The van der Waals surface area contributed by atoms with E-state index in [0.717, 1.165) is 0 Å². The monoisotopic (exact) mass is 439 g/mol. The lowest BCUT2D eigenvalue weighted by Gasteiger charge is -2.20. The van der Waals surface area contributed by atoms with Gasteiger partial charge in [-0.3, -0.25) is 4.79 Å². The Morgan fingerprint density at radius 2 is 1.75 bits per heavy atom. The Hall–Kier alpha value is -3.88. The molecule has 168 valence electrons. The number of ether oxygens (including phenoxy) is 3. The van der Waals surface area contributed by atoms with Crippen molar-refractivity contribution in [1.29, 1.82) is 0 Å². The Labute approximate surface area is 185 Å². The van der Waals surface area contributed by atoms with E-state index in [-0.39, 0.29) is 24.3 Å². The first-order chi connectivity index (χ1) is 15.4. The molecule has 0 radical (unpaired) electrons. The van der Waals surface area contributed by atoms with Crippen molar-refractivity contribution in [2.24, 2.45) is 5.92 Å².